The van der Waals surface area contributed by atoms with Crippen molar-refractivity contribution in [3.05, 3.63) is 42.5 Å². The third kappa shape index (κ3) is 5.89. The van der Waals surface area contributed by atoms with Crippen molar-refractivity contribution in [3.63, 3.8) is 0 Å². The van der Waals surface area contributed by atoms with E-state index in [-0.39, 0.29) is 5.97 Å². The van der Waals surface area contributed by atoms with Crippen LogP contribution in [0.25, 0.3) is 0 Å². The summed E-state index contributed by atoms with van der Waals surface area (Å²) >= 11 is 1.78. The summed E-state index contributed by atoms with van der Waals surface area (Å²) in [6.07, 6.45) is 0. The first kappa shape index (κ1) is 14.8. The van der Waals surface area contributed by atoms with Crippen molar-refractivity contribution in [3.8, 4) is 0 Å². The largest absolute Gasteiger partial charge is 0.463 e. The Morgan fingerprint density at radius 1 is 1.39 bits per heavy atom. The van der Waals surface area contributed by atoms with Gasteiger partial charge in [0.25, 0.3) is 0 Å². The van der Waals surface area contributed by atoms with E-state index in [1.807, 2.05) is 18.2 Å². The summed E-state index contributed by atoms with van der Waals surface area (Å²) < 4.78 is 4.85. The van der Waals surface area contributed by atoms with Crippen LogP contribution in [0.5, 0.6) is 0 Å². The van der Waals surface area contributed by atoms with Gasteiger partial charge in [-0.1, -0.05) is 24.8 Å². The average Bonchev–Trinajstić information content (AvgIpc) is 2.39. The van der Waals surface area contributed by atoms with Gasteiger partial charge in [0, 0.05) is 29.3 Å². The molecule has 98 valence electrons. The number of carbonyl (C=O) groups is 1. The van der Waals surface area contributed by atoms with Crippen molar-refractivity contribution in [1.29, 1.82) is 0 Å². The van der Waals surface area contributed by atoms with Gasteiger partial charge in [-0.2, -0.15) is 0 Å². The monoisotopic (exact) mass is 265 g/mol. The lowest BCUT2D eigenvalue weighted by Gasteiger charge is -2.07. The fourth-order valence-corrected chi connectivity index (χ4v) is 2.13. The van der Waals surface area contributed by atoms with Crippen LogP contribution in [0.1, 0.15) is 6.92 Å². The summed E-state index contributed by atoms with van der Waals surface area (Å²) in [7, 11) is 0. The maximum atomic E-state index is 11.3. The van der Waals surface area contributed by atoms with Gasteiger partial charge < -0.3 is 10.1 Å². The van der Waals surface area contributed by atoms with Crippen LogP contribution in [0.2, 0.25) is 0 Å². The Labute approximate surface area is 113 Å². The van der Waals surface area contributed by atoms with Gasteiger partial charge in [0.1, 0.15) is 0 Å². The number of rotatable bonds is 8. The van der Waals surface area contributed by atoms with Crippen LogP contribution in [0.15, 0.2) is 47.4 Å². The van der Waals surface area contributed by atoms with Crippen molar-refractivity contribution in [2.75, 3.05) is 25.4 Å². The molecule has 0 unspecified atom stereocenters. The molecule has 0 amide bonds. The van der Waals surface area contributed by atoms with E-state index >= 15 is 0 Å². The third-order valence-corrected chi connectivity index (χ3v) is 3.21. The molecular formula is C14H19NO2S. The van der Waals surface area contributed by atoms with Crippen molar-refractivity contribution < 1.29 is 9.53 Å². The van der Waals surface area contributed by atoms with E-state index in [0.29, 0.717) is 18.7 Å². The van der Waals surface area contributed by atoms with E-state index in [1.165, 1.54) is 4.90 Å². The number of hydrogen-bond acceptors (Lipinski definition) is 4. The van der Waals surface area contributed by atoms with E-state index in [4.69, 9.17) is 4.74 Å². The Bertz CT molecular complexity index is 379. The Morgan fingerprint density at radius 2 is 2.11 bits per heavy atom. The van der Waals surface area contributed by atoms with E-state index < -0.39 is 0 Å². The lowest BCUT2D eigenvalue weighted by Crippen LogP contribution is -2.23. The number of hydrogen-bond donors (Lipinski definition) is 1. The van der Waals surface area contributed by atoms with Gasteiger partial charge in [-0.3, -0.25) is 0 Å². The number of ether oxygens (including phenoxy) is 1. The maximum Gasteiger partial charge on any atom is 0.334 e. The molecule has 3 nitrogen and oxygen atoms in total. The standard InChI is InChI=1S/C14H19NO2S/c1-3-17-14(16)12(2)11-15-9-10-18-13-7-5-4-6-8-13/h4-8,15H,2-3,9-11H2,1H3. The van der Waals surface area contributed by atoms with Crippen LogP contribution >= 0.6 is 11.8 Å². The first-order valence-electron chi connectivity index (χ1n) is 5.97. The van der Waals surface area contributed by atoms with Crippen LogP contribution in [0.3, 0.4) is 0 Å². The second kappa shape index (κ2) is 8.78. The van der Waals surface area contributed by atoms with Crippen LogP contribution in [0.4, 0.5) is 0 Å². The summed E-state index contributed by atoms with van der Waals surface area (Å²) in [4.78, 5) is 12.5. The van der Waals surface area contributed by atoms with Gasteiger partial charge >= 0.3 is 5.97 Å². The Kier molecular flexibility index (Phi) is 7.22. The molecule has 1 N–H and O–H groups in total. The molecule has 0 heterocycles. The molecule has 0 fully saturated rings. The van der Waals surface area contributed by atoms with Crippen LogP contribution in [-0.4, -0.2) is 31.4 Å². The average molecular weight is 265 g/mol. The van der Waals surface area contributed by atoms with Gasteiger partial charge in [0.2, 0.25) is 0 Å². The first-order chi connectivity index (χ1) is 8.74. The van der Waals surface area contributed by atoms with Crippen molar-refractivity contribution in [2.45, 2.75) is 11.8 Å². The van der Waals surface area contributed by atoms with Gasteiger partial charge in [0.05, 0.1) is 6.61 Å². The smallest absolute Gasteiger partial charge is 0.334 e. The van der Waals surface area contributed by atoms with Crippen LogP contribution < -0.4 is 5.32 Å². The summed E-state index contributed by atoms with van der Waals surface area (Å²) in [5.41, 5.74) is 0.474. The van der Waals surface area contributed by atoms with Crippen molar-refractivity contribution in [1.82, 2.24) is 5.32 Å². The molecule has 0 aliphatic heterocycles. The second-order valence-electron chi connectivity index (χ2n) is 3.66. The molecule has 1 aromatic carbocycles. The molecule has 0 saturated carbocycles. The molecule has 0 bridgehead atoms. The zero-order chi connectivity index (χ0) is 13.2. The first-order valence-corrected chi connectivity index (χ1v) is 6.96. The molecular weight excluding hydrogens is 246 g/mol. The van der Waals surface area contributed by atoms with Gasteiger partial charge in [-0.05, 0) is 19.1 Å². The normalized spacial score (nSPS) is 10.1. The molecule has 0 atom stereocenters. The minimum absolute atomic E-state index is 0.319. The van der Waals surface area contributed by atoms with Gasteiger partial charge in [0.15, 0.2) is 0 Å². The molecule has 0 spiro atoms. The number of thioether (sulfide) groups is 1. The highest BCUT2D eigenvalue weighted by atomic mass is 32.2. The Morgan fingerprint density at radius 3 is 2.78 bits per heavy atom. The van der Waals surface area contributed by atoms with E-state index in [2.05, 4.69) is 24.0 Å². The molecule has 1 aromatic rings. The second-order valence-corrected chi connectivity index (χ2v) is 4.83. The fourth-order valence-electron chi connectivity index (χ4n) is 1.30. The van der Waals surface area contributed by atoms with Crippen LogP contribution in [0, 0.1) is 0 Å². The number of benzene rings is 1. The van der Waals surface area contributed by atoms with Crippen molar-refractivity contribution >= 4 is 17.7 Å². The molecule has 1 rings (SSSR count). The van der Waals surface area contributed by atoms with E-state index in [1.54, 1.807) is 18.7 Å². The summed E-state index contributed by atoms with van der Waals surface area (Å²) in [6.45, 7) is 7.17. The van der Waals surface area contributed by atoms with Gasteiger partial charge in [-0.25, -0.2) is 4.79 Å². The third-order valence-electron chi connectivity index (χ3n) is 2.19. The molecule has 0 aromatic heterocycles. The minimum Gasteiger partial charge on any atom is -0.463 e. The predicted octanol–water partition coefficient (Wildman–Crippen LogP) is 2.49. The zero-order valence-corrected chi connectivity index (χ0v) is 11.5. The summed E-state index contributed by atoms with van der Waals surface area (Å²) in [6, 6.07) is 10.2. The summed E-state index contributed by atoms with van der Waals surface area (Å²) in [5, 5.41) is 3.17. The molecule has 0 aliphatic rings. The van der Waals surface area contributed by atoms with Crippen LogP contribution in [-0.2, 0) is 9.53 Å². The molecule has 0 saturated heterocycles. The number of nitrogens with one attached hydrogen (secondary N) is 1. The van der Waals surface area contributed by atoms with E-state index in [0.717, 1.165) is 12.3 Å². The van der Waals surface area contributed by atoms with Crippen molar-refractivity contribution in [2.24, 2.45) is 0 Å². The number of carbonyl (C=O) groups excluding carboxylic acids is 1. The topological polar surface area (TPSA) is 38.3 Å². The molecule has 0 radical (unpaired) electrons. The molecule has 4 heteroatoms. The number of esters is 1. The SMILES string of the molecule is C=C(CNCCSc1ccccc1)C(=O)OCC. The highest BCUT2D eigenvalue weighted by Gasteiger charge is 2.06. The molecule has 0 aliphatic carbocycles. The quantitative estimate of drug-likeness (QED) is 0.339. The maximum absolute atomic E-state index is 11.3. The lowest BCUT2D eigenvalue weighted by atomic mass is 10.3. The highest BCUT2D eigenvalue weighted by molar-refractivity contribution is 7.99. The van der Waals surface area contributed by atoms with Gasteiger partial charge in [-0.15, -0.1) is 11.8 Å². The fraction of sp³-hybridized carbons (Fsp3) is 0.357. The Hall–Kier alpha value is -1.26. The predicted molar refractivity (Wildman–Crippen MR) is 75.8 cm³/mol. The van der Waals surface area contributed by atoms with E-state index in [9.17, 15) is 4.79 Å². The zero-order valence-electron chi connectivity index (χ0n) is 10.6. The highest BCUT2D eigenvalue weighted by Crippen LogP contribution is 2.15. The lowest BCUT2D eigenvalue weighted by molar-refractivity contribution is -0.138. The Balaban J connectivity index is 2.09. The molecule has 18 heavy (non-hydrogen) atoms. The summed E-state index contributed by atoms with van der Waals surface area (Å²) in [5.74, 6) is 0.640. The minimum atomic E-state index is -0.319.